The highest BCUT2D eigenvalue weighted by Crippen LogP contribution is 2.09. The van der Waals surface area contributed by atoms with Gasteiger partial charge in [-0.2, -0.15) is 0 Å². The maximum Gasteiger partial charge on any atom is 0.0431 e. The number of aliphatic hydroxyl groups excluding tert-OH is 1. The maximum absolute atomic E-state index is 8.29. The molecule has 0 aliphatic rings. The van der Waals surface area contributed by atoms with Crippen LogP contribution in [0, 0.1) is 0 Å². The average molecular weight is 288 g/mol. The molecular formula is C18H41NO. The van der Waals surface area contributed by atoms with Crippen LogP contribution < -0.4 is 5.73 Å². The summed E-state index contributed by atoms with van der Waals surface area (Å²) >= 11 is 0. The summed E-state index contributed by atoms with van der Waals surface area (Å²) < 4.78 is 0. The molecule has 2 heteroatoms. The highest BCUT2D eigenvalue weighted by atomic mass is 16.2. The Balaban J connectivity index is 0. The molecule has 0 saturated heterocycles. The fraction of sp³-hybridized carbons (Fsp3) is 1.00. The summed E-state index contributed by atoms with van der Waals surface area (Å²) in [6.07, 6.45) is 18.6. The minimum Gasteiger partial charge on any atom is -0.396 e. The summed E-state index contributed by atoms with van der Waals surface area (Å²) in [7, 11) is 0. The van der Waals surface area contributed by atoms with E-state index in [0.717, 1.165) is 13.0 Å². The molecule has 0 fully saturated rings. The molecule has 0 atom stereocenters. The fourth-order valence-electron chi connectivity index (χ4n) is 2.17. The predicted octanol–water partition coefficient (Wildman–Crippen LogP) is 5.43. The molecule has 0 aromatic heterocycles. The number of hydrogen-bond donors (Lipinski definition) is 2. The Morgan fingerprint density at radius 2 is 0.900 bits per heavy atom. The van der Waals surface area contributed by atoms with Crippen LogP contribution in [-0.2, 0) is 0 Å². The minimum atomic E-state index is 0.361. The van der Waals surface area contributed by atoms with Crippen LogP contribution in [0.3, 0.4) is 0 Å². The second kappa shape index (κ2) is 24.0. The summed E-state index contributed by atoms with van der Waals surface area (Å²) in [4.78, 5) is 0. The van der Waals surface area contributed by atoms with Crippen LogP contribution in [0.1, 0.15) is 104 Å². The molecule has 20 heavy (non-hydrogen) atoms. The molecule has 0 saturated carbocycles. The van der Waals surface area contributed by atoms with E-state index in [2.05, 4.69) is 13.8 Å². The first-order chi connectivity index (χ1) is 9.83. The van der Waals surface area contributed by atoms with Crippen molar-refractivity contribution in [3.05, 3.63) is 0 Å². The van der Waals surface area contributed by atoms with Crippen molar-refractivity contribution in [1.29, 1.82) is 0 Å². The predicted molar refractivity (Wildman–Crippen MR) is 92.1 cm³/mol. The Labute approximate surface area is 128 Å². The minimum absolute atomic E-state index is 0.361. The molecule has 0 aliphatic carbocycles. The Kier molecular flexibility index (Phi) is 26.6. The lowest BCUT2D eigenvalue weighted by molar-refractivity contribution is 0.283. The lowest BCUT2D eigenvalue weighted by Gasteiger charge is -2.00. The second-order valence-electron chi connectivity index (χ2n) is 5.75. The van der Waals surface area contributed by atoms with E-state index in [-0.39, 0.29) is 0 Å². The van der Waals surface area contributed by atoms with E-state index in [4.69, 9.17) is 10.8 Å². The molecule has 124 valence electrons. The standard InChI is InChI=1S/C12H27N.C6H14O/c1-2-3-4-5-6-7-8-9-10-11-12-13;1-2-3-4-5-6-7/h2-13H2,1H3;7H,2-6H2,1H3. The largest absolute Gasteiger partial charge is 0.396 e. The van der Waals surface area contributed by atoms with Crippen LogP contribution in [0.15, 0.2) is 0 Å². The van der Waals surface area contributed by atoms with Gasteiger partial charge in [0, 0.05) is 6.61 Å². The lowest BCUT2D eigenvalue weighted by Crippen LogP contribution is -1.97. The highest BCUT2D eigenvalue weighted by Gasteiger charge is 1.91. The summed E-state index contributed by atoms with van der Waals surface area (Å²) in [5, 5.41) is 8.29. The van der Waals surface area contributed by atoms with Gasteiger partial charge in [0.15, 0.2) is 0 Å². The fourth-order valence-corrected chi connectivity index (χ4v) is 2.17. The molecule has 0 heterocycles. The maximum atomic E-state index is 8.29. The van der Waals surface area contributed by atoms with Crippen molar-refractivity contribution < 1.29 is 5.11 Å². The molecule has 0 bridgehead atoms. The quantitative estimate of drug-likeness (QED) is 0.419. The first kappa shape index (κ1) is 22.2. The van der Waals surface area contributed by atoms with Crippen molar-refractivity contribution in [1.82, 2.24) is 0 Å². The highest BCUT2D eigenvalue weighted by molar-refractivity contribution is 4.47. The smallest absolute Gasteiger partial charge is 0.0431 e. The monoisotopic (exact) mass is 287 g/mol. The molecule has 0 amide bonds. The number of nitrogens with two attached hydrogens (primary N) is 1. The molecule has 0 aromatic rings. The van der Waals surface area contributed by atoms with Crippen LogP contribution in [0.25, 0.3) is 0 Å². The Hall–Kier alpha value is -0.0800. The molecule has 0 unspecified atom stereocenters. The van der Waals surface area contributed by atoms with E-state index < -0.39 is 0 Å². The molecule has 0 rings (SSSR count). The molecule has 0 aromatic carbocycles. The Morgan fingerprint density at radius 1 is 0.550 bits per heavy atom. The van der Waals surface area contributed by atoms with E-state index >= 15 is 0 Å². The van der Waals surface area contributed by atoms with Gasteiger partial charge < -0.3 is 10.8 Å². The van der Waals surface area contributed by atoms with Crippen LogP contribution in [-0.4, -0.2) is 18.3 Å². The zero-order valence-corrected chi connectivity index (χ0v) is 14.3. The van der Waals surface area contributed by atoms with E-state index in [1.54, 1.807) is 0 Å². The number of unbranched alkanes of at least 4 members (excludes halogenated alkanes) is 12. The molecule has 2 nitrogen and oxygen atoms in total. The van der Waals surface area contributed by atoms with Crippen molar-refractivity contribution in [3.63, 3.8) is 0 Å². The van der Waals surface area contributed by atoms with Crippen molar-refractivity contribution in [2.24, 2.45) is 5.73 Å². The van der Waals surface area contributed by atoms with Gasteiger partial charge in [-0.1, -0.05) is 90.9 Å². The van der Waals surface area contributed by atoms with Gasteiger partial charge in [-0.15, -0.1) is 0 Å². The van der Waals surface area contributed by atoms with Gasteiger partial charge >= 0.3 is 0 Å². The molecule has 0 radical (unpaired) electrons. The molecule has 0 spiro atoms. The average Bonchev–Trinajstić information content (AvgIpc) is 2.47. The van der Waals surface area contributed by atoms with Crippen LogP contribution >= 0.6 is 0 Å². The third-order valence-corrected chi connectivity index (χ3v) is 3.57. The third kappa shape index (κ3) is 26.5. The number of hydrogen-bond acceptors (Lipinski definition) is 2. The summed E-state index contributed by atoms with van der Waals surface area (Å²) in [6.45, 7) is 5.67. The summed E-state index contributed by atoms with van der Waals surface area (Å²) in [6, 6.07) is 0. The number of aliphatic hydroxyl groups is 1. The van der Waals surface area contributed by atoms with Crippen molar-refractivity contribution >= 4 is 0 Å². The van der Waals surface area contributed by atoms with Crippen molar-refractivity contribution in [2.45, 2.75) is 104 Å². The van der Waals surface area contributed by atoms with Gasteiger partial charge in [-0.3, -0.25) is 0 Å². The van der Waals surface area contributed by atoms with Gasteiger partial charge in [0.25, 0.3) is 0 Å². The first-order valence-electron chi connectivity index (χ1n) is 9.14. The van der Waals surface area contributed by atoms with E-state index in [1.807, 2.05) is 0 Å². The van der Waals surface area contributed by atoms with E-state index in [1.165, 1.54) is 83.5 Å². The van der Waals surface area contributed by atoms with Crippen LogP contribution in [0.2, 0.25) is 0 Å². The normalized spacial score (nSPS) is 10.2. The zero-order chi connectivity index (χ0) is 15.3. The summed E-state index contributed by atoms with van der Waals surface area (Å²) in [5.41, 5.74) is 5.42. The number of rotatable bonds is 14. The zero-order valence-electron chi connectivity index (χ0n) is 14.3. The molecule has 0 aliphatic heterocycles. The van der Waals surface area contributed by atoms with Crippen LogP contribution in [0.4, 0.5) is 0 Å². The van der Waals surface area contributed by atoms with Gasteiger partial charge in [0.2, 0.25) is 0 Å². The van der Waals surface area contributed by atoms with Gasteiger partial charge in [-0.25, -0.2) is 0 Å². The van der Waals surface area contributed by atoms with Gasteiger partial charge in [0.1, 0.15) is 0 Å². The van der Waals surface area contributed by atoms with Gasteiger partial charge in [-0.05, 0) is 19.4 Å². The van der Waals surface area contributed by atoms with Crippen LogP contribution in [0.5, 0.6) is 0 Å². The third-order valence-electron chi connectivity index (χ3n) is 3.57. The molecular weight excluding hydrogens is 246 g/mol. The second-order valence-corrected chi connectivity index (χ2v) is 5.75. The lowest BCUT2D eigenvalue weighted by atomic mass is 10.1. The first-order valence-corrected chi connectivity index (χ1v) is 9.14. The van der Waals surface area contributed by atoms with E-state index in [0.29, 0.717) is 6.61 Å². The SMILES string of the molecule is CCCCCCCCCCCCN.CCCCCCO. The Bertz CT molecular complexity index is 125. The van der Waals surface area contributed by atoms with Gasteiger partial charge in [0.05, 0.1) is 0 Å². The van der Waals surface area contributed by atoms with Crippen molar-refractivity contribution in [3.8, 4) is 0 Å². The Morgan fingerprint density at radius 3 is 1.25 bits per heavy atom. The molecule has 3 N–H and O–H groups in total. The summed E-state index contributed by atoms with van der Waals surface area (Å²) in [5.74, 6) is 0. The van der Waals surface area contributed by atoms with Crippen molar-refractivity contribution in [2.75, 3.05) is 13.2 Å². The topological polar surface area (TPSA) is 46.2 Å². The van der Waals surface area contributed by atoms with E-state index in [9.17, 15) is 0 Å².